The summed E-state index contributed by atoms with van der Waals surface area (Å²) in [6.07, 6.45) is 2.06. The Hall–Kier alpha value is -0.0800. The molecule has 0 bridgehead atoms. The summed E-state index contributed by atoms with van der Waals surface area (Å²) in [5, 5.41) is 12.2. The molecule has 1 saturated carbocycles. The molecular weight excluding hydrogens is 102 g/mol. The summed E-state index contributed by atoms with van der Waals surface area (Å²) >= 11 is 0. The van der Waals surface area contributed by atoms with Gasteiger partial charge in [-0.15, -0.1) is 0 Å². The summed E-state index contributed by atoms with van der Waals surface area (Å²) in [7, 11) is 1.90. The van der Waals surface area contributed by atoms with Gasteiger partial charge in [0.15, 0.2) is 0 Å². The van der Waals surface area contributed by atoms with Crippen LogP contribution in [-0.2, 0) is 0 Å². The van der Waals surface area contributed by atoms with Crippen molar-refractivity contribution in [2.24, 2.45) is 0 Å². The molecule has 2 nitrogen and oxygen atoms in total. The largest absolute Gasteiger partial charge is 0.391 e. The van der Waals surface area contributed by atoms with E-state index < -0.39 is 0 Å². The Morgan fingerprint density at radius 2 is 2.12 bits per heavy atom. The first-order chi connectivity index (χ1) is 3.71. The molecule has 0 radical (unpaired) electrons. The molecule has 2 heteroatoms. The molecule has 0 spiro atoms. The zero-order chi connectivity index (χ0) is 6.20. The number of hydrogen-bond donors (Lipinski definition) is 2. The zero-order valence-corrected chi connectivity index (χ0v) is 5.44. The van der Waals surface area contributed by atoms with Crippen molar-refractivity contribution in [1.29, 1.82) is 0 Å². The Bertz CT molecular complexity index is 86.5. The number of nitrogens with one attached hydrogen (secondary N) is 1. The SMILES string of the molecule is CNC1(C(C)O)CC1. The number of hydrogen-bond acceptors (Lipinski definition) is 2. The van der Waals surface area contributed by atoms with Gasteiger partial charge in [-0.2, -0.15) is 0 Å². The van der Waals surface area contributed by atoms with Gasteiger partial charge < -0.3 is 10.4 Å². The van der Waals surface area contributed by atoms with E-state index in [4.69, 9.17) is 5.11 Å². The van der Waals surface area contributed by atoms with Crippen LogP contribution in [0.15, 0.2) is 0 Å². The fourth-order valence-corrected chi connectivity index (χ4v) is 1.01. The molecule has 0 aromatic carbocycles. The second-order valence-electron chi connectivity index (χ2n) is 2.58. The Morgan fingerprint density at radius 3 is 2.12 bits per heavy atom. The summed E-state index contributed by atoms with van der Waals surface area (Å²) in [5.41, 5.74) is 0.0972. The van der Waals surface area contributed by atoms with Crippen molar-refractivity contribution in [2.45, 2.75) is 31.4 Å². The maximum Gasteiger partial charge on any atom is 0.0693 e. The van der Waals surface area contributed by atoms with Crippen LogP contribution in [-0.4, -0.2) is 23.8 Å². The van der Waals surface area contributed by atoms with E-state index in [2.05, 4.69) is 5.32 Å². The molecule has 0 amide bonds. The van der Waals surface area contributed by atoms with E-state index in [9.17, 15) is 0 Å². The second kappa shape index (κ2) is 1.71. The zero-order valence-electron chi connectivity index (χ0n) is 5.44. The van der Waals surface area contributed by atoms with Crippen molar-refractivity contribution in [1.82, 2.24) is 5.32 Å². The van der Waals surface area contributed by atoms with E-state index >= 15 is 0 Å². The topological polar surface area (TPSA) is 32.3 Å². The maximum atomic E-state index is 9.08. The smallest absolute Gasteiger partial charge is 0.0693 e. The monoisotopic (exact) mass is 115 g/mol. The molecule has 2 N–H and O–H groups in total. The Kier molecular flexibility index (Phi) is 1.29. The quantitative estimate of drug-likeness (QED) is 0.535. The first-order valence-electron chi connectivity index (χ1n) is 3.08. The standard InChI is InChI=1S/C6H13NO/c1-5(8)6(7-2)3-4-6/h5,7-8H,3-4H2,1-2H3. The minimum absolute atomic E-state index is 0.0972. The fraction of sp³-hybridized carbons (Fsp3) is 1.00. The van der Waals surface area contributed by atoms with E-state index in [1.54, 1.807) is 0 Å². The van der Waals surface area contributed by atoms with Crippen molar-refractivity contribution in [3.63, 3.8) is 0 Å². The van der Waals surface area contributed by atoms with Crippen molar-refractivity contribution < 1.29 is 5.11 Å². The molecule has 1 fully saturated rings. The van der Waals surface area contributed by atoms with Crippen LogP contribution in [0.3, 0.4) is 0 Å². The molecule has 48 valence electrons. The normalized spacial score (nSPS) is 27.4. The summed E-state index contributed by atoms with van der Waals surface area (Å²) in [6.45, 7) is 1.84. The van der Waals surface area contributed by atoms with Crippen LogP contribution in [0.1, 0.15) is 19.8 Å². The lowest BCUT2D eigenvalue weighted by molar-refractivity contribution is 0.137. The van der Waals surface area contributed by atoms with Crippen LogP contribution in [0, 0.1) is 0 Å². The maximum absolute atomic E-state index is 9.08. The molecule has 0 heterocycles. The van der Waals surface area contributed by atoms with Crippen molar-refractivity contribution in [3.05, 3.63) is 0 Å². The molecule has 1 rings (SSSR count). The molecule has 1 unspecified atom stereocenters. The molecule has 1 atom stereocenters. The van der Waals surface area contributed by atoms with E-state index in [0.29, 0.717) is 0 Å². The Balaban J connectivity index is 2.41. The highest BCUT2D eigenvalue weighted by atomic mass is 16.3. The molecule has 8 heavy (non-hydrogen) atoms. The fourth-order valence-electron chi connectivity index (χ4n) is 1.01. The highest BCUT2D eigenvalue weighted by Crippen LogP contribution is 2.37. The molecule has 1 aliphatic carbocycles. The highest BCUT2D eigenvalue weighted by Gasteiger charge is 2.45. The third kappa shape index (κ3) is 0.740. The van der Waals surface area contributed by atoms with Crippen molar-refractivity contribution >= 4 is 0 Å². The summed E-state index contributed by atoms with van der Waals surface area (Å²) in [5.74, 6) is 0. The summed E-state index contributed by atoms with van der Waals surface area (Å²) in [6, 6.07) is 0. The van der Waals surface area contributed by atoms with Crippen LogP contribution in [0.2, 0.25) is 0 Å². The Labute approximate surface area is 49.9 Å². The van der Waals surface area contributed by atoms with Gasteiger partial charge in [0.25, 0.3) is 0 Å². The van der Waals surface area contributed by atoms with Gasteiger partial charge in [-0.1, -0.05) is 0 Å². The third-order valence-electron chi connectivity index (χ3n) is 2.09. The Morgan fingerprint density at radius 1 is 1.62 bits per heavy atom. The third-order valence-corrected chi connectivity index (χ3v) is 2.09. The van der Waals surface area contributed by atoms with E-state index in [1.807, 2.05) is 14.0 Å². The predicted octanol–water partition coefficient (Wildman–Crippen LogP) is 0.119. The van der Waals surface area contributed by atoms with Crippen LogP contribution in [0.4, 0.5) is 0 Å². The van der Waals surface area contributed by atoms with Crippen LogP contribution >= 0.6 is 0 Å². The van der Waals surface area contributed by atoms with E-state index in [0.717, 1.165) is 12.8 Å². The summed E-state index contributed by atoms with van der Waals surface area (Å²) < 4.78 is 0. The molecule has 0 aliphatic heterocycles. The van der Waals surface area contributed by atoms with Crippen LogP contribution in [0.25, 0.3) is 0 Å². The predicted molar refractivity (Wildman–Crippen MR) is 32.7 cm³/mol. The van der Waals surface area contributed by atoms with Gasteiger partial charge in [-0.3, -0.25) is 0 Å². The lowest BCUT2D eigenvalue weighted by atomic mass is 10.1. The van der Waals surface area contributed by atoms with Crippen molar-refractivity contribution in [2.75, 3.05) is 7.05 Å². The van der Waals surface area contributed by atoms with Gasteiger partial charge in [-0.05, 0) is 26.8 Å². The molecule has 0 saturated heterocycles. The van der Waals surface area contributed by atoms with Crippen LogP contribution < -0.4 is 5.32 Å². The molecular formula is C6H13NO. The number of rotatable bonds is 2. The number of likely N-dealkylation sites (N-methyl/N-ethyl adjacent to an activating group) is 1. The number of aliphatic hydroxyl groups is 1. The second-order valence-corrected chi connectivity index (χ2v) is 2.58. The van der Waals surface area contributed by atoms with Gasteiger partial charge >= 0.3 is 0 Å². The lowest BCUT2D eigenvalue weighted by Crippen LogP contribution is -2.37. The average Bonchev–Trinajstić information content (AvgIpc) is 2.44. The first kappa shape index (κ1) is 6.05. The van der Waals surface area contributed by atoms with Gasteiger partial charge in [0.05, 0.1) is 6.10 Å². The molecule has 0 aromatic rings. The summed E-state index contributed by atoms with van der Waals surface area (Å²) in [4.78, 5) is 0. The minimum Gasteiger partial charge on any atom is -0.391 e. The highest BCUT2D eigenvalue weighted by molar-refractivity contribution is 5.04. The minimum atomic E-state index is -0.188. The van der Waals surface area contributed by atoms with E-state index in [-0.39, 0.29) is 11.6 Å². The molecule has 0 aromatic heterocycles. The van der Waals surface area contributed by atoms with Crippen LogP contribution in [0.5, 0.6) is 0 Å². The average molecular weight is 115 g/mol. The number of aliphatic hydroxyl groups excluding tert-OH is 1. The molecule has 1 aliphatic rings. The first-order valence-corrected chi connectivity index (χ1v) is 3.08. The van der Waals surface area contributed by atoms with Gasteiger partial charge in [0.1, 0.15) is 0 Å². The van der Waals surface area contributed by atoms with Gasteiger partial charge in [-0.25, -0.2) is 0 Å². The van der Waals surface area contributed by atoms with Gasteiger partial charge in [0.2, 0.25) is 0 Å². The van der Waals surface area contributed by atoms with Gasteiger partial charge in [0, 0.05) is 5.54 Å². The lowest BCUT2D eigenvalue weighted by Gasteiger charge is -2.16. The van der Waals surface area contributed by atoms with Crippen molar-refractivity contribution in [3.8, 4) is 0 Å². The van der Waals surface area contributed by atoms with E-state index in [1.165, 1.54) is 0 Å².